The first-order chi connectivity index (χ1) is 13.7. The van der Waals surface area contributed by atoms with Crippen molar-refractivity contribution in [1.82, 2.24) is 0 Å². The molecule has 0 heterocycles. The minimum atomic E-state index is 0.661. The SMILES string of the molecule is CC(C)CCOc1ccc2cc3cc4cc5ccccc5cc4cc3cc2c1. The molecule has 0 aliphatic carbocycles. The highest BCUT2D eigenvalue weighted by molar-refractivity contribution is 6.08. The molecule has 0 aliphatic rings. The Morgan fingerprint density at radius 3 is 1.57 bits per heavy atom. The summed E-state index contributed by atoms with van der Waals surface area (Å²) >= 11 is 0. The molecular formula is C27H24O. The molecule has 5 rings (SSSR count). The van der Waals surface area contributed by atoms with Gasteiger partial charge < -0.3 is 4.74 Å². The summed E-state index contributed by atoms with van der Waals surface area (Å²) in [5.41, 5.74) is 0. The second kappa shape index (κ2) is 6.83. The zero-order valence-electron chi connectivity index (χ0n) is 16.4. The van der Waals surface area contributed by atoms with Gasteiger partial charge in [0.2, 0.25) is 0 Å². The van der Waals surface area contributed by atoms with Crippen molar-refractivity contribution >= 4 is 43.1 Å². The van der Waals surface area contributed by atoms with Gasteiger partial charge in [-0.3, -0.25) is 0 Å². The van der Waals surface area contributed by atoms with Crippen LogP contribution in [0.15, 0.2) is 78.9 Å². The molecule has 0 saturated carbocycles. The van der Waals surface area contributed by atoms with Crippen molar-refractivity contribution in [2.24, 2.45) is 5.92 Å². The van der Waals surface area contributed by atoms with Crippen LogP contribution in [0, 0.1) is 5.92 Å². The van der Waals surface area contributed by atoms with Gasteiger partial charge in [0.25, 0.3) is 0 Å². The van der Waals surface area contributed by atoms with Crippen molar-refractivity contribution in [1.29, 1.82) is 0 Å². The summed E-state index contributed by atoms with van der Waals surface area (Å²) in [6.45, 7) is 5.22. The molecule has 1 nitrogen and oxygen atoms in total. The van der Waals surface area contributed by atoms with Gasteiger partial charge in [0, 0.05) is 0 Å². The highest BCUT2D eigenvalue weighted by Gasteiger charge is 2.05. The lowest BCUT2D eigenvalue weighted by molar-refractivity contribution is 0.290. The molecule has 138 valence electrons. The monoisotopic (exact) mass is 364 g/mol. The molecule has 0 atom stereocenters. The van der Waals surface area contributed by atoms with E-state index in [-0.39, 0.29) is 0 Å². The molecule has 28 heavy (non-hydrogen) atoms. The van der Waals surface area contributed by atoms with Gasteiger partial charge >= 0.3 is 0 Å². The average molecular weight is 364 g/mol. The van der Waals surface area contributed by atoms with Crippen LogP contribution >= 0.6 is 0 Å². The Balaban J connectivity index is 1.61. The molecule has 5 aromatic carbocycles. The van der Waals surface area contributed by atoms with E-state index in [2.05, 4.69) is 92.7 Å². The second-order valence-electron chi connectivity index (χ2n) is 8.14. The van der Waals surface area contributed by atoms with Crippen molar-refractivity contribution in [3.63, 3.8) is 0 Å². The number of benzene rings is 5. The van der Waals surface area contributed by atoms with E-state index in [0.717, 1.165) is 18.8 Å². The molecule has 0 spiro atoms. The van der Waals surface area contributed by atoms with E-state index in [1.807, 2.05) is 0 Å². The van der Waals surface area contributed by atoms with Crippen LogP contribution in [0.25, 0.3) is 43.1 Å². The first-order valence-corrected chi connectivity index (χ1v) is 10.1. The minimum Gasteiger partial charge on any atom is -0.494 e. The van der Waals surface area contributed by atoms with Crippen LogP contribution in [-0.2, 0) is 0 Å². The predicted molar refractivity (Wildman–Crippen MR) is 121 cm³/mol. The highest BCUT2D eigenvalue weighted by Crippen LogP contribution is 2.31. The topological polar surface area (TPSA) is 9.23 Å². The third-order valence-corrected chi connectivity index (χ3v) is 5.55. The molecule has 5 aromatic rings. The zero-order chi connectivity index (χ0) is 19.1. The smallest absolute Gasteiger partial charge is 0.119 e. The molecule has 0 unspecified atom stereocenters. The Labute approximate surface area is 165 Å². The first-order valence-electron chi connectivity index (χ1n) is 10.1. The zero-order valence-corrected chi connectivity index (χ0v) is 16.4. The lowest BCUT2D eigenvalue weighted by Gasteiger charge is -2.10. The molecular weight excluding hydrogens is 340 g/mol. The lowest BCUT2D eigenvalue weighted by Crippen LogP contribution is -2.01. The highest BCUT2D eigenvalue weighted by atomic mass is 16.5. The normalized spacial score (nSPS) is 11.8. The van der Waals surface area contributed by atoms with Gasteiger partial charge in [-0.1, -0.05) is 44.2 Å². The van der Waals surface area contributed by atoms with E-state index in [1.165, 1.54) is 43.1 Å². The van der Waals surface area contributed by atoms with Crippen LogP contribution in [0.2, 0.25) is 0 Å². The van der Waals surface area contributed by atoms with Crippen LogP contribution in [0.4, 0.5) is 0 Å². The molecule has 0 radical (unpaired) electrons. The number of hydrogen-bond acceptors (Lipinski definition) is 1. The van der Waals surface area contributed by atoms with Gasteiger partial charge in [-0.15, -0.1) is 0 Å². The number of rotatable bonds is 4. The van der Waals surface area contributed by atoms with Gasteiger partial charge in [-0.05, 0) is 104 Å². The molecule has 0 aromatic heterocycles. The third kappa shape index (κ3) is 3.18. The van der Waals surface area contributed by atoms with E-state index in [9.17, 15) is 0 Å². The third-order valence-electron chi connectivity index (χ3n) is 5.55. The molecule has 0 amide bonds. The lowest BCUT2D eigenvalue weighted by atomic mass is 9.97. The van der Waals surface area contributed by atoms with Gasteiger partial charge in [0.15, 0.2) is 0 Å². The summed E-state index contributed by atoms with van der Waals surface area (Å²) in [7, 11) is 0. The standard InChI is InChI=1S/C27H24O/c1-18(2)9-10-28-27-8-7-21-13-24-14-22-11-19-5-3-4-6-20(19)12-23(22)15-25(24)16-26(21)17-27/h3-8,11-18H,9-10H2,1-2H3. The van der Waals surface area contributed by atoms with Crippen molar-refractivity contribution in [3.05, 3.63) is 78.9 Å². The van der Waals surface area contributed by atoms with Crippen LogP contribution in [0.1, 0.15) is 20.3 Å². The maximum Gasteiger partial charge on any atom is 0.119 e. The molecule has 1 heteroatoms. The van der Waals surface area contributed by atoms with Crippen LogP contribution in [0.3, 0.4) is 0 Å². The minimum absolute atomic E-state index is 0.661. The Morgan fingerprint density at radius 2 is 1.04 bits per heavy atom. The molecule has 0 bridgehead atoms. The molecule has 0 fully saturated rings. The molecule has 0 saturated heterocycles. The van der Waals surface area contributed by atoms with Gasteiger partial charge in [-0.25, -0.2) is 0 Å². The van der Waals surface area contributed by atoms with Crippen molar-refractivity contribution in [3.8, 4) is 5.75 Å². The largest absolute Gasteiger partial charge is 0.494 e. The summed E-state index contributed by atoms with van der Waals surface area (Å²) in [4.78, 5) is 0. The predicted octanol–water partition coefficient (Wildman–Crippen LogP) is 7.72. The average Bonchev–Trinajstić information content (AvgIpc) is 2.69. The van der Waals surface area contributed by atoms with E-state index >= 15 is 0 Å². The quantitative estimate of drug-likeness (QED) is 0.297. The maximum atomic E-state index is 5.96. The fourth-order valence-corrected chi connectivity index (χ4v) is 3.92. The Bertz CT molecular complexity index is 1310. The molecule has 0 aliphatic heterocycles. The first kappa shape index (κ1) is 17.1. The van der Waals surface area contributed by atoms with Crippen molar-refractivity contribution in [2.75, 3.05) is 6.61 Å². The second-order valence-corrected chi connectivity index (χ2v) is 8.14. The van der Waals surface area contributed by atoms with Crippen molar-refractivity contribution < 1.29 is 4.74 Å². The Hall–Kier alpha value is -3.06. The fraction of sp³-hybridized carbons (Fsp3) is 0.185. The van der Waals surface area contributed by atoms with Gasteiger partial charge in [-0.2, -0.15) is 0 Å². The maximum absolute atomic E-state index is 5.96. The van der Waals surface area contributed by atoms with Crippen LogP contribution in [-0.4, -0.2) is 6.61 Å². The summed E-state index contributed by atoms with van der Waals surface area (Å²) in [5, 5.41) is 10.2. The van der Waals surface area contributed by atoms with Crippen LogP contribution in [0.5, 0.6) is 5.75 Å². The fourth-order valence-electron chi connectivity index (χ4n) is 3.92. The molecule has 0 N–H and O–H groups in total. The number of ether oxygens (including phenoxy) is 1. The van der Waals surface area contributed by atoms with Crippen LogP contribution < -0.4 is 4.74 Å². The van der Waals surface area contributed by atoms with E-state index in [4.69, 9.17) is 4.74 Å². The van der Waals surface area contributed by atoms with Gasteiger partial charge in [0.1, 0.15) is 5.75 Å². The van der Waals surface area contributed by atoms with E-state index in [0.29, 0.717) is 5.92 Å². The Morgan fingerprint density at radius 1 is 0.571 bits per heavy atom. The van der Waals surface area contributed by atoms with Gasteiger partial charge in [0.05, 0.1) is 6.61 Å². The van der Waals surface area contributed by atoms with Crippen molar-refractivity contribution in [2.45, 2.75) is 20.3 Å². The Kier molecular flexibility index (Phi) is 4.16. The summed E-state index contributed by atoms with van der Waals surface area (Å²) in [6, 6.07) is 28.8. The summed E-state index contributed by atoms with van der Waals surface area (Å²) in [5.74, 6) is 1.62. The van der Waals surface area contributed by atoms with E-state index < -0.39 is 0 Å². The number of hydrogen-bond donors (Lipinski definition) is 0. The van der Waals surface area contributed by atoms with E-state index in [1.54, 1.807) is 0 Å². The number of fused-ring (bicyclic) bond motifs is 4. The summed E-state index contributed by atoms with van der Waals surface area (Å²) < 4.78 is 5.96. The summed E-state index contributed by atoms with van der Waals surface area (Å²) in [6.07, 6.45) is 1.08.